The molecule has 0 saturated carbocycles. The monoisotopic (exact) mass is 469 g/mol. The van der Waals surface area contributed by atoms with Gasteiger partial charge in [-0.05, 0) is 26.7 Å². The molecule has 31 heavy (non-hydrogen) atoms. The number of amides is 1. The molecule has 2 atom stereocenters. The topological polar surface area (TPSA) is 109 Å². The molecule has 3 heterocycles. The zero-order chi connectivity index (χ0) is 22.5. The molecule has 1 aliphatic heterocycles. The Labute approximate surface area is 190 Å². The fraction of sp³-hybridized carbons (Fsp3) is 0.600. The summed E-state index contributed by atoms with van der Waals surface area (Å²) in [6.07, 6.45) is 2.06. The number of piperidine rings is 1. The molecule has 9 nitrogen and oxygen atoms in total. The van der Waals surface area contributed by atoms with Gasteiger partial charge in [-0.3, -0.25) is 4.79 Å². The van der Waals surface area contributed by atoms with Crippen LogP contribution in [0.4, 0.5) is 5.13 Å². The maximum atomic E-state index is 12.7. The lowest BCUT2D eigenvalue weighted by atomic mass is 10.0. The van der Waals surface area contributed by atoms with Crippen LogP contribution in [0, 0.1) is 6.92 Å². The maximum Gasteiger partial charge on any atom is 0.350 e. The van der Waals surface area contributed by atoms with E-state index in [-0.39, 0.29) is 29.8 Å². The number of hydrogen-bond donors (Lipinski definition) is 2. The van der Waals surface area contributed by atoms with Crippen molar-refractivity contribution in [2.45, 2.75) is 52.2 Å². The van der Waals surface area contributed by atoms with Crippen molar-refractivity contribution in [3.63, 3.8) is 0 Å². The molecule has 1 fully saturated rings. The highest BCUT2D eigenvalue weighted by atomic mass is 35.5. The third kappa shape index (κ3) is 5.36. The summed E-state index contributed by atoms with van der Waals surface area (Å²) >= 11 is 7.43. The molecule has 0 unspecified atom stereocenters. The van der Waals surface area contributed by atoms with Crippen LogP contribution in [0.2, 0.25) is 5.15 Å². The first-order valence-electron chi connectivity index (χ1n) is 10.3. The summed E-state index contributed by atoms with van der Waals surface area (Å²) in [5.74, 6) is -0.450. The number of anilines is 1. The molecule has 3 rings (SSSR count). The van der Waals surface area contributed by atoms with Crippen LogP contribution in [0.3, 0.4) is 0 Å². The molecule has 1 saturated heterocycles. The van der Waals surface area contributed by atoms with Crippen LogP contribution >= 0.6 is 22.9 Å². The van der Waals surface area contributed by atoms with Crippen LogP contribution in [0.15, 0.2) is 0 Å². The Kier molecular flexibility index (Phi) is 7.90. The molecule has 1 amide bonds. The summed E-state index contributed by atoms with van der Waals surface area (Å²) in [7, 11) is 1.62. The van der Waals surface area contributed by atoms with Crippen molar-refractivity contribution >= 4 is 39.9 Å². The molecule has 0 radical (unpaired) electrons. The molecule has 0 spiro atoms. The Hall–Kier alpha value is -2.17. The third-order valence-corrected chi connectivity index (χ3v) is 6.65. The predicted molar refractivity (Wildman–Crippen MR) is 119 cm³/mol. The lowest BCUT2D eigenvalue weighted by molar-refractivity contribution is 0.0530. The number of aromatic nitrogens is 3. The number of nitrogens with zero attached hydrogens (tertiary/aromatic N) is 3. The van der Waals surface area contributed by atoms with E-state index in [0.717, 1.165) is 23.7 Å². The molecule has 2 aromatic rings. The number of thiazole rings is 1. The summed E-state index contributed by atoms with van der Waals surface area (Å²) in [5.41, 5.74) is 1.42. The highest BCUT2D eigenvalue weighted by Crippen LogP contribution is 2.29. The Morgan fingerprint density at radius 1 is 1.35 bits per heavy atom. The number of esters is 1. The Morgan fingerprint density at radius 3 is 2.81 bits per heavy atom. The van der Waals surface area contributed by atoms with E-state index in [1.54, 1.807) is 21.0 Å². The van der Waals surface area contributed by atoms with Crippen molar-refractivity contribution < 1.29 is 19.1 Å². The first kappa shape index (κ1) is 23.5. The van der Waals surface area contributed by atoms with E-state index in [0.29, 0.717) is 41.8 Å². The van der Waals surface area contributed by atoms with Crippen LogP contribution in [0.25, 0.3) is 0 Å². The number of halogens is 1. The van der Waals surface area contributed by atoms with Gasteiger partial charge >= 0.3 is 5.97 Å². The summed E-state index contributed by atoms with van der Waals surface area (Å²) in [6.45, 7) is 7.14. The van der Waals surface area contributed by atoms with Crippen LogP contribution in [0.1, 0.15) is 58.4 Å². The number of aromatic amines is 1. The van der Waals surface area contributed by atoms with E-state index in [1.165, 1.54) is 11.3 Å². The number of nitrogens with one attached hydrogen (secondary N) is 2. The van der Waals surface area contributed by atoms with E-state index >= 15 is 0 Å². The largest absolute Gasteiger partial charge is 0.462 e. The normalized spacial score (nSPS) is 18.8. The number of carbonyl (C=O) groups excluding carboxylic acids is 2. The van der Waals surface area contributed by atoms with Crippen LogP contribution in [-0.4, -0.2) is 65.8 Å². The Morgan fingerprint density at radius 2 is 2.13 bits per heavy atom. The molecule has 0 aromatic carbocycles. The minimum absolute atomic E-state index is 0.183. The smallest absolute Gasteiger partial charge is 0.350 e. The molecule has 0 bridgehead atoms. The highest BCUT2D eigenvalue weighted by Gasteiger charge is 2.33. The second-order valence-electron chi connectivity index (χ2n) is 7.33. The lowest BCUT2D eigenvalue weighted by Crippen LogP contribution is -2.55. The first-order chi connectivity index (χ1) is 14.9. The molecule has 1 aliphatic rings. The van der Waals surface area contributed by atoms with Gasteiger partial charge < -0.3 is 24.7 Å². The maximum absolute atomic E-state index is 12.7. The van der Waals surface area contributed by atoms with Gasteiger partial charge in [0.05, 0.1) is 30.1 Å². The van der Waals surface area contributed by atoms with Gasteiger partial charge in [0.25, 0.3) is 5.91 Å². The van der Waals surface area contributed by atoms with Crippen LogP contribution in [0.5, 0.6) is 0 Å². The second kappa shape index (κ2) is 10.4. The first-order valence-corrected chi connectivity index (χ1v) is 11.5. The standard InChI is InChI=1S/C20H28ClN5O4S/c1-5-7-13-16(21)25-17(23-13)18(27)24-12-8-9-26(10-14(12)29-4)20-22-11(3)15(31-20)19(28)30-6-2/h12,14H,5-10H2,1-4H3,(H,23,25)(H,24,27)/t12-,14+/m1/s1. The fourth-order valence-corrected chi connectivity index (χ4v) is 4.77. The van der Waals surface area contributed by atoms with Gasteiger partial charge in [0.15, 0.2) is 16.1 Å². The van der Waals surface area contributed by atoms with Crippen molar-refractivity contribution in [2.24, 2.45) is 0 Å². The number of rotatable bonds is 8. The lowest BCUT2D eigenvalue weighted by Gasteiger charge is -2.37. The molecular formula is C20H28ClN5O4S. The molecule has 0 aliphatic carbocycles. The second-order valence-corrected chi connectivity index (χ2v) is 8.66. The number of carbonyl (C=O) groups is 2. The highest BCUT2D eigenvalue weighted by molar-refractivity contribution is 7.17. The third-order valence-electron chi connectivity index (χ3n) is 5.14. The SMILES string of the molecule is CCCc1[nH]c(C(=O)N[C@@H]2CCN(c3nc(C)c(C(=O)OCC)s3)C[C@@H]2OC)nc1Cl. The molecule has 2 N–H and O–H groups in total. The van der Waals surface area contributed by atoms with Gasteiger partial charge in [-0.25, -0.2) is 14.8 Å². The van der Waals surface area contributed by atoms with Gasteiger partial charge in [0, 0.05) is 20.2 Å². The van der Waals surface area contributed by atoms with Gasteiger partial charge in [-0.15, -0.1) is 0 Å². The van der Waals surface area contributed by atoms with Crippen molar-refractivity contribution in [3.05, 3.63) is 27.2 Å². The van der Waals surface area contributed by atoms with Gasteiger partial charge in [0.1, 0.15) is 4.88 Å². The van der Waals surface area contributed by atoms with Crippen molar-refractivity contribution in [1.29, 1.82) is 0 Å². The average Bonchev–Trinajstić information content (AvgIpc) is 3.31. The van der Waals surface area contributed by atoms with E-state index in [2.05, 4.69) is 25.2 Å². The number of imidazole rings is 1. The van der Waals surface area contributed by atoms with E-state index in [4.69, 9.17) is 21.1 Å². The summed E-state index contributed by atoms with van der Waals surface area (Å²) < 4.78 is 10.8. The quantitative estimate of drug-likeness (QED) is 0.572. The predicted octanol–water partition coefficient (Wildman–Crippen LogP) is 2.98. The Bertz CT molecular complexity index is 931. The number of aryl methyl sites for hydroxylation is 2. The van der Waals surface area contributed by atoms with Gasteiger partial charge in [0.2, 0.25) is 0 Å². The van der Waals surface area contributed by atoms with E-state index < -0.39 is 0 Å². The summed E-state index contributed by atoms with van der Waals surface area (Å²) in [6, 6.07) is -0.183. The number of H-pyrrole nitrogens is 1. The molecular weight excluding hydrogens is 442 g/mol. The average molecular weight is 470 g/mol. The molecule has 2 aromatic heterocycles. The van der Waals surface area contributed by atoms with Crippen molar-refractivity contribution in [1.82, 2.24) is 20.3 Å². The minimum Gasteiger partial charge on any atom is -0.462 e. The van der Waals surface area contributed by atoms with E-state index in [1.807, 2.05) is 6.92 Å². The molecule has 11 heteroatoms. The zero-order valence-electron chi connectivity index (χ0n) is 18.2. The Balaban J connectivity index is 1.66. The van der Waals surface area contributed by atoms with Crippen molar-refractivity contribution in [2.75, 3.05) is 31.7 Å². The van der Waals surface area contributed by atoms with Crippen LogP contribution < -0.4 is 10.2 Å². The minimum atomic E-state index is -0.353. The van der Waals surface area contributed by atoms with E-state index in [9.17, 15) is 9.59 Å². The zero-order valence-corrected chi connectivity index (χ0v) is 19.7. The van der Waals surface area contributed by atoms with Crippen molar-refractivity contribution in [3.8, 4) is 0 Å². The van der Waals surface area contributed by atoms with Gasteiger partial charge in [-0.2, -0.15) is 0 Å². The van der Waals surface area contributed by atoms with Gasteiger partial charge in [-0.1, -0.05) is 36.3 Å². The van der Waals surface area contributed by atoms with Crippen LogP contribution in [-0.2, 0) is 15.9 Å². The number of methoxy groups -OCH3 is 1. The number of hydrogen-bond acceptors (Lipinski definition) is 8. The summed E-state index contributed by atoms with van der Waals surface area (Å²) in [4.78, 5) is 39.1. The summed E-state index contributed by atoms with van der Waals surface area (Å²) in [5, 5.41) is 4.09. The number of ether oxygens (including phenoxy) is 2. The fourth-order valence-electron chi connectivity index (χ4n) is 3.55. The molecule has 170 valence electrons.